The van der Waals surface area contributed by atoms with E-state index in [0.717, 1.165) is 0 Å². The number of para-hydroxylation sites is 2. The number of benzene rings is 2. The van der Waals surface area contributed by atoms with Crippen molar-refractivity contribution < 1.29 is 15.0 Å². The molecule has 6 heteroatoms. The molecule has 0 aromatic heterocycles. The molecule has 0 saturated carbocycles. The zero-order chi connectivity index (χ0) is 15.4. The zero-order valence-corrected chi connectivity index (χ0v) is 12.4. The van der Waals surface area contributed by atoms with Crippen LogP contribution in [-0.2, 0) is 4.79 Å². The molecule has 1 atom stereocenters. The van der Waals surface area contributed by atoms with E-state index in [4.69, 9.17) is 23.2 Å². The molecule has 1 unspecified atom stereocenters. The van der Waals surface area contributed by atoms with Gasteiger partial charge in [0.25, 0.3) is 0 Å². The smallest absolute Gasteiger partial charge is 0.227 e. The van der Waals surface area contributed by atoms with Gasteiger partial charge in [0.15, 0.2) is 0 Å². The number of aliphatic hydroxyl groups excluding tert-OH is 1. The number of phenolic OH excluding ortho intramolecular Hbond substituents is 1. The highest BCUT2D eigenvalue weighted by Crippen LogP contribution is 2.26. The first-order chi connectivity index (χ1) is 9.95. The second-order valence-corrected chi connectivity index (χ2v) is 5.36. The van der Waals surface area contributed by atoms with Crippen molar-refractivity contribution in [2.75, 3.05) is 5.32 Å². The normalized spacial score (nSPS) is 12.0. The summed E-state index contributed by atoms with van der Waals surface area (Å²) in [6, 6.07) is 11.0. The SMILES string of the molecule is O=C(CC(O)c1cc(Cl)cc(Cl)c1)Nc1ccccc1O. The van der Waals surface area contributed by atoms with Gasteiger partial charge in [0.05, 0.1) is 18.2 Å². The fourth-order valence-corrected chi connectivity index (χ4v) is 2.38. The predicted octanol–water partition coefficient (Wildman–Crippen LogP) is 3.76. The van der Waals surface area contributed by atoms with Crippen molar-refractivity contribution in [3.8, 4) is 5.75 Å². The second kappa shape index (κ2) is 6.80. The van der Waals surface area contributed by atoms with Gasteiger partial charge in [-0.15, -0.1) is 0 Å². The summed E-state index contributed by atoms with van der Waals surface area (Å²) in [6.45, 7) is 0. The first kappa shape index (κ1) is 15.6. The van der Waals surface area contributed by atoms with Crippen LogP contribution >= 0.6 is 23.2 Å². The average molecular weight is 326 g/mol. The number of phenols is 1. The third kappa shape index (κ3) is 4.36. The maximum absolute atomic E-state index is 11.9. The number of aromatic hydroxyl groups is 1. The van der Waals surface area contributed by atoms with Gasteiger partial charge >= 0.3 is 0 Å². The van der Waals surface area contributed by atoms with Crippen LogP contribution in [0.25, 0.3) is 0 Å². The number of rotatable bonds is 4. The second-order valence-electron chi connectivity index (χ2n) is 4.49. The number of anilines is 1. The summed E-state index contributed by atoms with van der Waals surface area (Å²) in [4.78, 5) is 11.9. The van der Waals surface area contributed by atoms with Gasteiger partial charge in [-0.1, -0.05) is 35.3 Å². The quantitative estimate of drug-likeness (QED) is 0.749. The predicted molar refractivity (Wildman–Crippen MR) is 82.8 cm³/mol. The van der Waals surface area contributed by atoms with Crippen molar-refractivity contribution in [3.63, 3.8) is 0 Å². The van der Waals surface area contributed by atoms with Crippen LogP contribution in [0.1, 0.15) is 18.1 Å². The molecule has 2 aromatic carbocycles. The maximum Gasteiger partial charge on any atom is 0.227 e. The van der Waals surface area contributed by atoms with Crippen molar-refractivity contribution >= 4 is 34.8 Å². The number of amides is 1. The molecule has 0 bridgehead atoms. The van der Waals surface area contributed by atoms with Gasteiger partial charge in [-0.2, -0.15) is 0 Å². The van der Waals surface area contributed by atoms with E-state index in [-0.39, 0.29) is 12.2 Å². The van der Waals surface area contributed by atoms with Crippen LogP contribution in [0.4, 0.5) is 5.69 Å². The van der Waals surface area contributed by atoms with Crippen LogP contribution in [-0.4, -0.2) is 16.1 Å². The largest absolute Gasteiger partial charge is 0.506 e. The molecule has 0 aliphatic rings. The first-order valence-corrected chi connectivity index (χ1v) is 6.93. The Morgan fingerprint density at radius 1 is 1.14 bits per heavy atom. The van der Waals surface area contributed by atoms with Gasteiger partial charge in [0.1, 0.15) is 5.75 Å². The highest BCUT2D eigenvalue weighted by Gasteiger charge is 2.15. The van der Waals surface area contributed by atoms with Crippen molar-refractivity contribution in [1.29, 1.82) is 0 Å². The zero-order valence-electron chi connectivity index (χ0n) is 10.9. The van der Waals surface area contributed by atoms with E-state index in [2.05, 4.69) is 5.32 Å². The van der Waals surface area contributed by atoms with Gasteiger partial charge in [-0.3, -0.25) is 4.79 Å². The molecular formula is C15H13Cl2NO3. The van der Waals surface area contributed by atoms with Crippen LogP contribution < -0.4 is 5.32 Å². The number of aliphatic hydroxyl groups is 1. The lowest BCUT2D eigenvalue weighted by molar-refractivity contribution is -0.118. The molecule has 0 saturated heterocycles. The van der Waals surface area contributed by atoms with E-state index in [1.165, 1.54) is 6.07 Å². The van der Waals surface area contributed by atoms with Gasteiger partial charge in [0, 0.05) is 10.0 Å². The Morgan fingerprint density at radius 3 is 2.38 bits per heavy atom. The fourth-order valence-electron chi connectivity index (χ4n) is 1.84. The van der Waals surface area contributed by atoms with Crippen molar-refractivity contribution in [3.05, 3.63) is 58.1 Å². The molecule has 0 fully saturated rings. The molecule has 0 aliphatic heterocycles. The summed E-state index contributed by atoms with van der Waals surface area (Å²) in [6.07, 6.45) is -1.21. The lowest BCUT2D eigenvalue weighted by Gasteiger charge is -2.12. The number of carbonyl (C=O) groups is 1. The van der Waals surface area contributed by atoms with Gasteiger partial charge < -0.3 is 15.5 Å². The third-order valence-corrected chi connectivity index (χ3v) is 3.26. The van der Waals surface area contributed by atoms with E-state index in [1.807, 2.05) is 0 Å². The van der Waals surface area contributed by atoms with Crippen molar-refractivity contribution in [2.24, 2.45) is 0 Å². The maximum atomic E-state index is 11.9. The van der Waals surface area contributed by atoms with Crippen LogP contribution in [0.15, 0.2) is 42.5 Å². The lowest BCUT2D eigenvalue weighted by Crippen LogP contribution is -2.15. The topological polar surface area (TPSA) is 69.6 Å². The fraction of sp³-hybridized carbons (Fsp3) is 0.133. The summed E-state index contributed by atoms with van der Waals surface area (Å²) in [7, 11) is 0. The Kier molecular flexibility index (Phi) is 5.07. The van der Waals surface area contributed by atoms with Crippen LogP contribution in [0.2, 0.25) is 10.0 Å². The summed E-state index contributed by atoms with van der Waals surface area (Å²) in [5, 5.41) is 22.9. The van der Waals surface area contributed by atoms with E-state index in [1.54, 1.807) is 36.4 Å². The molecule has 2 aromatic rings. The Balaban J connectivity index is 2.04. The van der Waals surface area contributed by atoms with E-state index in [0.29, 0.717) is 21.3 Å². The molecule has 4 nitrogen and oxygen atoms in total. The first-order valence-electron chi connectivity index (χ1n) is 6.17. The summed E-state index contributed by atoms with van der Waals surface area (Å²) >= 11 is 11.7. The standard InChI is InChI=1S/C15H13Cl2NO3/c16-10-5-9(6-11(17)7-10)14(20)8-15(21)18-12-3-1-2-4-13(12)19/h1-7,14,19-20H,8H2,(H,18,21). The number of nitrogens with one attached hydrogen (secondary N) is 1. The Bertz CT molecular complexity index is 641. The van der Waals surface area contributed by atoms with Crippen LogP contribution in [0, 0.1) is 0 Å². The van der Waals surface area contributed by atoms with E-state index < -0.39 is 12.0 Å². The molecule has 0 radical (unpaired) electrons. The average Bonchev–Trinajstić information content (AvgIpc) is 2.40. The summed E-state index contributed by atoms with van der Waals surface area (Å²) in [5.74, 6) is -0.466. The molecule has 2 rings (SSSR count). The molecule has 110 valence electrons. The highest BCUT2D eigenvalue weighted by atomic mass is 35.5. The van der Waals surface area contributed by atoms with Gasteiger partial charge in [0.2, 0.25) is 5.91 Å². The van der Waals surface area contributed by atoms with Crippen molar-refractivity contribution in [2.45, 2.75) is 12.5 Å². The molecule has 3 N–H and O–H groups in total. The molecule has 21 heavy (non-hydrogen) atoms. The van der Waals surface area contributed by atoms with E-state index in [9.17, 15) is 15.0 Å². The highest BCUT2D eigenvalue weighted by molar-refractivity contribution is 6.34. The molecule has 1 amide bonds. The van der Waals surface area contributed by atoms with Crippen LogP contribution in [0.3, 0.4) is 0 Å². The minimum atomic E-state index is -1.04. The molecule has 0 spiro atoms. The number of carbonyl (C=O) groups excluding carboxylic acids is 1. The summed E-state index contributed by atoms with van der Waals surface area (Å²) < 4.78 is 0. The number of hydrogen-bond donors (Lipinski definition) is 3. The number of hydrogen-bond acceptors (Lipinski definition) is 3. The Labute approximate surface area is 131 Å². The molecule has 0 aliphatic carbocycles. The monoisotopic (exact) mass is 325 g/mol. The van der Waals surface area contributed by atoms with Crippen LogP contribution in [0.5, 0.6) is 5.75 Å². The third-order valence-electron chi connectivity index (χ3n) is 2.83. The minimum Gasteiger partial charge on any atom is -0.506 e. The lowest BCUT2D eigenvalue weighted by atomic mass is 10.1. The van der Waals surface area contributed by atoms with E-state index >= 15 is 0 Å². The molecule has 0 heterocycles. The number of halogens is 2. The van der Waals surface area contributed by atoms with Gasteiger partial charge in [-0.25, -0.2) is 0 Å². The molecular weight excluding hydrogens is 313 g/mol. The summed E-state index contributed by atoms with van der Waals surface area (Å²) in [5.41, 5.74) is 0.749. The Hall–Kier alpha value is -1.75. The van der Waals surface area contributed by atoms with Gasteiger partial charge in [-0.05, 0) is 35.9 Å². The minimum absolute atomic E-state index is 0.0360. The van der Waals surface area contributed by atoms with Crippen molar-refractivity contribution in [1.82, 2.24) is 0 Å². The Morgan fingerprint density at radius 2 is 1.76 bits per heavy atom.